The van der Waals surface area contributed by atoms with Crippen LogP contribution in [0.1, 0.15) is 194 Å². The molecule has 1 amide bonds. The van der Waals surface area contributed by atoms with Gasteiger partial charge in [-0.05, 0) is 12.8 Å². The van der Waals surface area contributed by atoms with Crippen LogP contribution in [0, 0.1) is 0 Å². The highest BCUT2D eigenvalue weighted by molar-refractivity contribution is 5.76. The molecule has 0 rings (SSSR count). The van der Waals surface area contributed by atoms with Crippen LogP contribution in [0.3, 0.4) is 0 Å². The number of unbranched alkanes of at least 4 members (excludes halogenated alkanes) is 24. The van der Waals surface area contributed by atoms with Gasteiger partial charge in [0.25, 0.3) is 0 Å². The Hall–Kier alpha value is -0.610. The Morgan fingerprint density at radius 2 is 0.842 bits per heavy atom. The van der Waals surface area contributed by atoms with E-state index in [2.05, 4.69) is 19.2 Å². The first-order valence-corrected chi connectivity index (χ1v) is 17.2. The van der Waals surface area contributed by atoms with E-state index in [4.69, 9.17) is 0 Å². The van der Waals surface area contributed by atoms with Gasteiger partial charge < -0.3 is 15.5 Å². The summed E-state index contributed by atoms with van der Waals surface area (Å²) in [4.78, 5) is 12.3. The van der Waals surface area contributed by atoms with E-state index >= 15 is 0 Å². The summed E-state index contributed by atoms with van der Waals surface area (Å²) in [5.74, 6) is -0.0310. The van der Waals surface area contributed by atoms with Gasteiger partial charge in [-0.15, -0.1) is 0 Å². The maximum absolute atomic E-state index is 12.3. The van der Waals surface area contributed by atoms with Crippen LogP contribution in [0.5, 0.6) is 0 Å². The maximum Gasteiger partial charge on any atom is 0.220 e. The van der Waals surface area contributed by atoms with Crippen LogP contribution < -0.4 is 5.32 Å². The van der Waals surface area contributed by atoms with Crippen molar-refractivity contribution >= 4 is 5.91 Å². The summed E-state index contributed by atoms with van der Waals surface area (Å²) >= 11 is 0. The molecule has 4 nitrogen and oxygen atoms in total. The fraction of sp³-hybridized carbons (Fsp3) is 0.971. The number of hydrogen-bond acceptors (Lipinski definition) is 3. The van der Waals surface area contributed by atoms with Gasteiger partial charge in [-0.2, -0.15) is 0 Å². The van der Waals surface area contributed by atoms with Crippen LogP contribution in [0.15, 0.2) is 0 Å². The summed E-state index contributed by atoms with van der Waals surface area (Å²) in [6.07, 6.45) is 34.3. The zero-order chi connectivity index (χ0) is 27.9. The van der Waals surface area contributed by atoms with Crippen molar-refractivity contribution in [2.45, 2.75) is 206 Å². The molecule has 38 heavy (non-hydrogen) atoms. The molecule has 0 saturated heterocycles. The number of nitrogens with one attached hydrogen (secondary N) is 1. The van der Waals surface area contributed by atoms with Gasteiger partial charge in [0.1, 0.15) is 0 Å². The van der Waals surface area contributed by atoms with Gasteiger partial charge in [0.2, 0.25) is 5.91 Å². The Morgan fingerprint density at radius 1 is 0.526 bits per heavy atom. The van der Waals surface area contributed by atoms with Gasteiger partial charge in [0.05, 0.1) is 18.8 Å². The third-order valence-electron chi connectivity index (χ3n) is 8.12. The van der Waals surface area contributed by atoms with E-state index in [1.807, 2.05) is 0 Å². The van der Waals surface area contributed by atoms with Gasteiger partial charge in [-0.25, -0.2) is 0 Å². The lowest BCUT2D eigenvalue weighted by molar-refractivity contribution is -0.123. The van der Waals surface area contributed by atoms with E-state index in [0.29, 0.717) is 12.8 Å². The molecule has 0 aromatic heterocycles. The average molecular weight is 540 g/mol. The van der Waals surface area contributed by atoms with E-state index in [0.717, 1.165) is 25.7 Å². The maximum atomic E-state index is 12.3. The van der Waals surface area contributed by atoms with Gasteiger partial charge in [-0.1, -0.05) is 174 Å². The Balaban J connectivity index is 3.52. The zero-order valence-corrected chi connectivity index (χ0v) is 26.0. The van der Waals surface area contributed by atoms with Crippen LogP contribution >= 0.6 is 0 Å². The monoisotopic (exact) mass is 540 g/mol. The van der Waals surface area contributed by atoms with Crippen molar-refractivity contribution in [2.75, 3.05) is 6.61 Å². The molecule has 0 fully saturated rings. The second kappa shape index (κ2) is 30.9. The predicted octanol–water partition coefficient (Wildman–Crippen LogP) is 9.79. The highest BCUT2D eigenvalue weighted by Gasteiger charge is 2.19. The molecule has 0 aliphatic carbocycles. The van der Waals surface area contributed by atoms with Crippen LogP contribution in [-0.2, 0) is 4.79 Å². The number of rotatable bonds is 31. The quantitative estimate of drug-likeness (QED) is 0.0768. The predicted molar refractivity (Wildman–Crippen MR) is 166 cm³/mol. The Morgan fingerprint density at radius 3 is 1.18 bits per heavy atom. The third kappa shape index (κ3) is 27.0. The molecule has 228 valence electrons. The van der Waals surface area contributed by atoms with Crippen molar-refractivity contribution in [1.29, 1.82) is 0 Å². The van der Waals surface area contributed by atoms with Crippen molar-refractivity contribution in [2.24, 2.45) is 0 Å². The fourth-order valence-corrected chi connectivity index (χ4v) is 5.42. The molecule has 0 heterocycles. The summed E-state index contributed by atoms with van der Waals surface area (Å²) in [7, 11) is 0. The second-order valence-electron chi connectivity index (χ2n) is 11.9. The van der Waals surface area contributed by atoms with E-state index in [1.54, 1.807) is 0 Å². The van der Waals surface area contributed by atoms with Crippen LogP contribution in [0.25, 0.3) is 0 Å². The zero-order valence-electron chi connectivity index (χ0n) is 26.0. The molecule has 0 saturated carbocycles. The first-order chi connectivity index (χ1) is 18.7. The standard InChI is InChI=1S/C34H69NO3/c1-3-5-7-9-11-13-15-16-17-18-19-20-22-24-26-28-30-34(38)35-32(31-36)33(37)29-27-25-23-21-14-12-10-8-6-4-2/h32-33,36-37H,3-31H2,1-2H3,(H,35,38)/t32-,33+/m0/s1. The summed E-state index contributed by atoms with van der Waals surface area (Å²) in [5, 5.41) is 22.9. The molecule has 0 aliphatic rings. The molecule has 0 radical (unpaired) electrons. The molecule has 2 atom stereocenters. The topological polar surface area (TPSA) is 69.6 Å². The molecule has 0 aromatic carbocycles. The summed E-state index contributed by atoms with van der Waals surface area (Å²) in [6.45, 7) is 4.34. The summed E-state index contributed by atoms with van der Waals surface area (Å²) in [5.41, 5.74) is 0. The molecule has 3 N–H and O–H groups in total. The van der Waals surface area contributed by atoms with Crippen LogP contribution in [-0.4, -0.2) is 34.9 Å². The summed E-state index contributed by atoms with van der Waals surface area (Å²) in [6, 6.07) is -0.526. The smallest absolute Gasteiger partial charge is 0.220 e. The lowest BCUT2D eigenvalue weighted by atomic mass is 10.0. The minimum atomic E-state index is -0.649. The van der Waals surface area contributed by atoms with Crippen molar-refractivity contribution in [1.82, 2.24) is 5.32 Å². The van der Waals surface area contributed by atoms with Crippen molar-refractivity contribution < 1.29 is 15.0 Å². The van der Waals surface area contributed by atoms with E-state index in [9.17, 15) is 15.0 Å². The third-order valence-corrected chi connectivity index (χ3v) is 8.12. The van der Waals surface area contributed by atoms with Crippen LogP contribution in [0.2, 0.25) is 0 Å². The van der Waals surface area contributed by atoms with Crippen molar-refractivity contribution in [3.8, 4) is 0 Å². The molecule has 0 unspecified atom stereocenters. The SMILES string of the molecule is CCCCCCCCCCCCCCCCCCC(=O)N[C@@H](CO)[C@H](O)CCCCCCCCCCCC. The minimum Gasteiger partial charge on any atom is -0.394 e. The average Bonchev–Trinajstić information content (AvgIpc) is 2.92. The number of amides is 1. The molecule has 4 heteroatoms. The van der Waals surface area contributed by atoms with E-state index < -0.39 is 12.1 Å². The number of aliphatic hydroxyl groups excluding tert-OH is 2. The van der Waals surface area contributed by atoms with E-state index in [-0.39, 0.29) is 12.5 Å². The first kappa shape index (κ1) is 37.4. The van der Waals surface area contributed by atoms with Gasteiger partial charge in [0, 0.05) is 6.42 Å². The number of carbonyl (C=O) groups excluding carboxylic acids is 1. The number of hydrogen-bond donors (Lipinski definition) is 3. The number of aliphatic hydroxyl groups is 2. The lowest BCUT2D eigenvalue weighted by Crippen LogP contribution is -2.45. The molecule has 0 spiro atoms. The van der Waals surface area contributed by atoms with Crippen LogP contribution in [0.4, 0.5) is 0 Å². The highest BCUT2D eigenvalue weighted by Crippen LogP contribution is 2.15. The van der Waals surface area contributed by atoms with Gasteiger partial charge in [0.15, 0.2) is 0 Å². The largest absolute Gasteiger partial charge is 0.394 e. The highest BCUT2D eigenvalue weighted by atomic mass is 16.3. The van der Waals surface area contributed by atoms with E-state index in [1.165, 1.54) is 141 Å². The molecular weight excluding hydrogens is 470 g/mol. The fourth-order valence-electron chi connectivity index (χ4n) is 5.42. The van der Waals surface area contributed by atoms with Gasteiger partial charge >= 0.3 is 0 Å². The second-order valence-corrected chi connectivity index (χ2v) is 11.9. The van der Waals surface area contributed by atoms with Crippen molar-refractivity contribution in [3.63, 3.8) is 0 Å². The Kier molecular flexibility index (Phi) is 30.4. The molecule has 0 bridgehead atoms. The Bertz CT molecular complexity index is 471. The Labute approximate surface area is 238 Å². The lowest BCUT2D eigenvalue weighted by Gasteiger charge is -2.22. The van der Waals surface area contributed by atoms with Gasteiger partial charge in [-0.3, -0.25) is 4.79 Å². The number of carbonyl (C=O) groups is 1. The normalized spacial score (nSPS) is 13.1. The minimum absolute atomic E-state index is 0.0310. The molecule has 0 aromatic rings. The molecular formula is C34H69NO3. The summed E-state index contributed by atoms with van der Waals surface area (Å²) < 4.78 is 0. The molecule has 0 aliphatic heterocycles. The first-order valence-electron chi connectivity index (χ1n) is 17.2. The van der Waals surface area contributed by atoms with Crippen molar-refractivity contribution in [3.05, 3.63) is 0 Å².